The number of ether oxygens (including phenoxy) is 2. The molecule has 0 heterocycles. The van der Waals surface area contributed by atoms with Crippen LogP contribution in [0.15, 0.2) is 11.8 Å². The van der Waals surface area contributed by atoms with Crippen molar-refractivity contribution in [3.63, 3.8) is 0 Å². The lowest BCUT2D eigenvalue weighted by Gasteiger charge is -2.37. The van der Waals surface area contributed by atoms with E-state index in [1.807, 2.05) is 19.0 Å². The first-order valence-corrected chi connectivity index (χ1v) is 4.45. The molecule has 4 heteroatoms. The predicted molar refractivity (Wildman–Crippen MR) is 49.5 cm³/mol. The predicted octanol–water partition coefficient (Wildman–Crippen LogP) is -0.626. The van der Waals surface area contributed by atoms with Crippen molar-refractivity contribution in [2.45, 2.75) is 5.91 Å². The van der Waals surface area contributed by atoms with E-state index in [2.05, 4.69) is 6.58 Å². The molecule has 0 rings (SSSR count). The van der Waals surface area contributed by atoms with Crippen LogP contribution in [-0.2, 0) is 9.47 Å². The Morgan fingerprint density at radius 3 is 1.73 bits per heavy atom. The molecule has 0 atom stereocenters. The lowest BCUT2D eigenvalue weighted by atomic mass is 10.4. The fraction of sp³-hybridized carbons (Fsp3) is 0.714. The Hall–Kier alpha value is -0.163. The largest absolute Gasteiger partial charge is 0.337 e. The van der Waals surface area contributed by atoms with Gasteiger partial charge in [0.05, 0.1) is 0 Å². The van der Waals surface area contributed by atoms with Gasteiger partial charge in [0.1, 0.15) is 0 Å². The average Bonchev–Trinajstić information content (AvgIpc) is 1.90. The number of methoxy groups -OCH3 is 2. The summed E-state index contributed by atoms with van der Waals surface area (Å²) in [6.07, 6.45) is 0. The van der Waals surface area contributed by atoms with E-state index >= 15 is 0 Å². The van der Waals surface area contributed by atoms with Crippen molar-refractivity contribution >= 4 is 10.2 Å². The first-order chi connectivity index (χ1) is 5.01. The Kier molecular flexibility index (Phi) is 3.95. The van der Waals surface area contributed by atoms with Crippen LogP contribution in [0, 0.1) is 0 Å². The van der Waals surface area contributed by atoms with Gasteiger partial charge >= 0.3 is 0 Å². The molecule has 0 aliphatic carbocycles. The van der Waals surface area contributed by atoms with Crippen molar-refractivity contribution in [3.8, 4) is 0 Å². The Morgan fingerprint density at radius 2 is 1.73 bits per heavy atom. The quantitative estimate of drug-likeness (QED) is 0.420. The van der Waals surface area contributed by atoms with Gasteiger partial charge in [-0.1, -0.05) is 6.58 Å². The van der Waals surface area contributed by atoms with Crippen LogP contribution in [0.3, 0.4) is 0 Å². The van der Waals surface area contributed by atoms with Gasteiger partial charge in [-0.15, -0.1) is 0 Å². The van der Waals surface area contributed by atoms with Crippen LogP contribution < -0.4 is 0 Å². The second-order valence-electron chi connectivity index (χ2n) is 2.66. The molecule has 0 fully saturated rings. The molecule has 0 spiro atoms. The summed E-state index contributed by atoms with van der Waals surface area (Å²) >= 11 is 0. The summed E-state index contributed by atoms with van der Waals surface area (Å²) in [5.74, 6) is -0.716. The standard InChI is InChI=1S/C7H17NO2Si/c1-6(11)7(9-4,10-5)8(2)3/h1H2,2-5,11H3. The molecule has 11 heavy (non-hydrogen) atoms. The topological polar surface area (TPSA) is 21.7 Å². The molecule has 0 saturated heterocycles. The minimum Gasteiger partial charge on any atom is -0.337 e. The molecule has 0 aliphatic rings. The van der Waals surface area contributed by atoms with Crippen molar-refractivity contribution in [2.24, 2.45) is 0 Å². The van der Waals surface area contributed by atoms with Crippen LogP contribution in [0.1, 0.15) is 0 Å². The zero-order valence-corrected chi connectivity index (χ0v) is 9.97. The van der Waals surface area contributed by atoms with Crippen molar-refractivity contribution in [2.75, 3.05) is 28.3 Å². The maximum Gasteiger partial charge on any atom is 0.248 e. The smallest absolute Gasteiger partial charge is 0.248 e. The fourth-order valence-electron chi connectivity index (χ4n) is 1.18. The molecular formula is C7H17NO2Si. The first kappa shape index (κ1) is 10.8. The van der Waals surface area contributed by atoms with Gasteiger partial charge in [-0.2, -0.15) is 0 Å². The summed E-state index contributed by atoms with van der Waals surface area (Å²) in [4.78, 5) is 1.86. The fourth-order valence-corrected chi connectivity index (χ4v) is 2.03. The van der Waals surface area contributed by atoms with Gasteiger partial charge in [-0.3, -0.25) is 4.90 Å². The molecule has 0 amide bonds. The lowest BCUT2D eigenvalue weighted by molar-refractivity contribution is -0.250. The minimum atomic E-state index is -0.716. The van der Waals surface area contributed by atoms with E-state index in [1.165, 1.54) is 0 Å². The Balaban J connectivity index is 4.61. The van der Waals surface area contributed by atoms with E-state index in [9.17, 15) is 0 Å². The highest BCUT2D eigenvalue weighted by Gasteiger charge is 2.32. The molecule has 66 valence electrons. The van der Waals surface area contributed by atoms with E-state index in [1.54, 1.807) is 14.2 Å². The van der Waals surface area contributed by atoms with Gasteiger partial charge in [-0.25, -0.2) is 0 Å². The Morgan fingerprint density at radius 1 is 1.36 bits per heavy atom. The second kappa shape index (κ2) is 4.01. The Labute approximate surface area is 71.4 Å². The third kappa shape index (κ3) is 1.90. The number of likely N-dealkylation sites (N-methyl/N-ethyl adjacent to an activating group) is 1. The number of hydrogen-bond acceptors (Lipinski definition) is 3. The van der Waals surface area contributed by atoms with Crippen molar-refractivity contribution in [3.05, 3.63) is 11.8 Å². The van der Waals surface area contributed by atoms with E-state index in [4.69, 9.17) is 9.47 Å². The van der Waals surface area contributed by atoms with Gasteiger partial charge in [0.25, 0.3) is 0 Å². The lowest BCUT2D eigenvalue weighted by Crippen LogP contribution is -2.49. The SMILES string of the molecule is C=C([SiH3])C(OC)(OC)N(C)C. The third-order valence-electron chi connectivity index (χ3n) is 1.68. The highest BCUT2D eigenvalue weighted by molar-refractivity contribution is 6.22. The molecule has 0 aliphatic heterocycles. The van der Waals surface area contributed by atoms with Gasteiger partial charge in [0.15, 0.2) is 0 Å². The van der Waals surface area contributed by atoms with Crippen LogP contribution in [0.4, 0.5) is 0 Å². The first-order valence-electron chi connectivity index (χ1n) is 3.45. The molecule has 0 N–H and O–H groups in total. The summed E-state index contributed by atoms with van der Waals surface area (Å²) in [5, 5.41) is 0.965. The van der Waals surface area contributed by atoms with Crippen LogP contribution >= 0.6 is 0 Å². The van der Waals surface area contributed by atoms with Crippen LogP contribution in [0.5, 0.6) is 0 Å². The minimum absolute atomic E-state index is 0.716. The molecule has 3 nitrogen and oxygen atoms in total. The number of nitrogens with zero attached hydrogens (tertiary/aromatic N) is 1. The van der Waals surface area contributed by atoms with Gasteiger partial charge in [0, 0.05) is 24.5 Å². The van der Waals surface area contributed by atoms with Gasteiger partial charge < -0.3 is 9.47 Å². The average molecular weight is 175 g/mol. The summed E-state index contributed by atoms with van der Waals surface area (Å²) in [7, 11) is 7.89. The maximum absolute atomic E-state index is 5.25. The van der Waals surface area contributed by atoms with Crippen molar-refractivity contribution in [1.29, 1.82) is 0 Å². The van der Waals surface area contributed by atoms with Crippen LogP contribution in [0.25, 0.3) is 0 Å². The van der Waals surface area contributed by atoms with E-state index in [0.717, 1.165) is 15.4 Å². The molecule has 0 bridgehead atoms. The molecule has 0 unspecified atom stereocenters. The summed E-state index contributed by atoms with van der Waals surface area (Å²) in [6, 6.07) is 0. The van der Waals surface area contributed by atoms with Crippen molar-refractivity contribution < 1.29 is 9.47 Å². The zero-order valence-electron chi connectivity index (χ0n) is 7.97. The highest BCUT2D eigenvalue weighted by Crippen LogP contribution is 2.20. The Bertz CT molecular complexity index is 143. The van der Waals surface area contributed by atoms with Gasteiger partial charge in [0.2, 0.25) is 5.91 Å². The number of rotatable bonds is 4. The van der Waals surface area contributed by atoms with Crippen LogP contribution in [0.2, 0.25) is 0 Å². The van der Waals surface area contributed by atoms with Crippen LogP contribution in [-0.4, -0.2) is 49.4 Å². The zero-order chi connectivity index (χ0) is 9.07. The highest BCUT2D eigenvalue weighted by atomic mass is 28.1. The molecule has 0 aromatic rings. The van der Waals surface area contributed by atoms with E-state index in [0.29, 0.717) is 0 Å². The molecule has 0 aromatic heterocycles. The van der Waals surface area contributed by atoms with E-state index < -0.39 is 5.91 Å². The van der Waals surface area contributed by atoms with Crippen molar-refractivity contribution in [1.82, 2.24) is 4.90 Å². The van der Waals surface area contributed by atoms with Gasteiger partial charge in [-0.05, 0) is 19.3 Å². The molecule has 0 saturated carbocycles. The van der Waals surface area contributed by atoms with E-state index in [-0.39, 0.29) is 0 Å². The number of hydrogen-bond donors (Lipinski definition) is 0. The molecular weight excluding hydrogens is 158 g/mol. The summed E-state index contributed by atoms with van der Waals surface area (Å²) < 4.78 is 10.5. The molecule has 0 aromatic carbocycles. The summed E-state index contributed by atoms with van der Waals surface area (Å²) in [5.41, 5.74) is 0. The third-order valence-corrected chi connectivity index (χ3v) is 2.31. The molecule has 0 radical (unpaired) electrons. The summed E-state index contributed by atoms with van der Waals surface area (Å²) in [6.45, 7) is 3.86. The maximum atomic E-state index is 5.25. The monoisotopic (exact) mass is 175 g/mol. The second-order valence-corrected chi connectivity index (χ2v) is 3.87. The normalized spacial score (nSPS) is 12.5.